The maximum atomic E-state index is 12.2. The van der Waals surface area contributed by atoms with E-state index < -0.39 is 5.91 Å². The molecule has 0 aliphatic heterocycles. The number of hydrogen-bond donors (Lipinski definition) is 3. The number of carbonyl (C=O) groups excluding carboxylic acids is 3. The molecular weight excluding hydrogens is 374 g/mol. The van der Waals surface area contributed by atoms with Crippen LogP contribution in [0.1, 0.15) is 44.9 Å². The van der Waals surface area contributed by atoms with Crippen LogP contribution in [0.2, 0.25) is 0 Å². The van der Waals surface area contributed by atoms with Crippen molar-refractivity contribution in [3.05, 3.63) is 63.4 Å². The number of hydrazine groups is 1. The monoisotopic (exact) mass is 397 g/mol. The van der Waals surface area contributed by atoms with Crippen LogP contribution in [0.4, 0.5) is 0 Å². The van der Waals surface area contributed by atoms with Crippen molar-refractivity contribution in [3.63, 3.8) is 0 Å². The quantitative estimate of drug-likeness (QED) is 0.412. The molecule has 0 saturated carbocycles. The van der Waals surface area contributed by atoms with Gasteiger partial charge in [-0.15, -0.1) is 11.3 Å². The van der Waals surface area contributed by atoms with Gasteiger partial charge in [0.2, 0.25) is 5.91 Å². The van der Waals surface area contributed by atoms with E-state index in [1.807, 2.05) is 36.4 Å². The summed E-state index contributed by atoms with van der Waals surface area (Å²) in [5.41, 5.74) is 6.88. The highest BCUT2D eigenvalue weighted by molar-refractivity contribution is 7.14. The molecule has 0 atom stereocenters. The summed E-state index contributed by atoms with van der Waals surface area (Å²) in [6.07, 6.45) is 8.58. The number of thiophene rings is 1. The van der Waals surface area contributed by atoms with E-state index in [0.29, 0.717) is 4.88 Å². The third kappa shape index (κ3) is 5.79. The van der Waals surface area contributed by atoms with Gasteiger partial charge in [0.15, 0.2) is 0 Å². The average molecular weight is 398 g/mol. The molecule has 146 valence electrons. The average Bonchev–Trinajstić information content (AvgIpc) is 3.00. The fourth-order valence-electron chi connectivity index (χ4n) is 2.97. The Bertz CT molecular complexity index is 851. The van der Waals surface area contributed by atoms with Crippen LogP contribution >= 0.6 is 11.3 Å². The second-order valence-electron chi connectivity index (χ2n) is 6.58. The zero-order valence-electron chi connectivity index (χ0n) is 15.5. The SMILES string of the molecule is O=C(/C=C/c1ccccc1)NCC(=O)NNC(=O)c1cc2c(s1)CCCCC2. The molecular formula is C21H23N3O3S. The molecule has 7 heteroatoms. The Morgan fingerprint density at radius 1 is 1.00 bits per heavy atom. The van der Waals surface area contributed by atoms with E-state index in [9.17, 15) is 14.4 Å². The van der Waals surface area contributed by atoms with Crippen LogP contribution in [0, 0.1) is 0 Å². The number of carbonyl (C=O) groups is 3. The Morgan fingerprint density at radius 2 is 1.79 bits per heavy atom. The molecule has 1 aromatic carbocycles. The van der Waals surface area contributed by atoms with Gasteiger partial charge in [-0.25, -0.2) is 0 Å². The maximum Gasteiger partial charge on any atom is 0.279 e. The fraction of sp³-hybridized carbons (Fsp3) is 0.286. The Kier molecular flexibility index (Phi) is 6.97. The number of aryl methyl sites for hydroxylation is 2. The van der Waals surface area contributed by atoms with Gasteiger partial charge in [-0.2, -0.15) is 0 Å². The third-order valence-corrected chi connectivity index (χ3v) is 5.67. The lowest BCUT2D eigenvalue weighted by atomic mass is 10.1. The molecule has 1 aromatic heterocycles. The Balaban J connectivity index is 1.41. The lowest BCUT2D eigenvalue weighted by Gasteiger charge is -2.06. The summed E-state index contributed by atoms with van der Waals surface area (Å²) in [6, 6.07) is 11.3. The van der Waals surface area contributed by atoms with E-state index in [-0.39, 0.29) is 18.4 Å². The van der Waals surface area contributed by atoms with Gasteiger partial charge in [0.1, 0.15) is 0 Å². The lowest BCUT2D eigenvalue weighted by Crippen LogP contribution is -2.46. The predicted octanol–water partition coefficient (Wildman–Crippen LogP) is 2.61. The minimum absolute atomic E-state index is 0.223. The zero-order chi connectivity index (χ0) is 19.8. The number of hydrogen-bond acceptors (Lipinski definition) is 4. The van der Waals surface area contributed by atoms with Gasteiger partial charge in [-0.05, 0) is 49.0 Å². The van der Waals surface area contributed by atoms with E-state index in [0.717, 1.165) is 31.2 Å². The topological polar surface area (TPSA) is 87.3 Å². The molecule has 1 aliphatic carbocycles. The second-order valence-corrected chi connectivity index (χ2v) is 7.72. The summed E-state index contributed by atoms with van der Waals surface area (Å²) in [7, 11) is 0. The standard InChI is InChI=1S/C21H23N3O3S/c25-19(12-11-15-7-3-1-4-8-15)22-14-20(26)23-24-21(27)18-13-16-9-5-2-6-10-17(16)28-18/h1,3-4,7-8,11-13H,2,5-6,9-10,14H2,(H,22,25)(H,23,26)(H,24,27)/b12-11+. The highest BCUT2D eigenvalue weighted by Gasteiger charge is 2.16. The van der Waals surface area contributed by atoms with Gasteiger partial charge in [0.05, 0.1) is 11.4 Å². The van der Waals surface area contributed by atoms with Crippen molar-refractivity contribution in [2.75, 3.05) is 6.54 Å². The first-order valence-electron chi connectivity index (χ1n) is 9.33. The van der Waals surface area contributed by atoms with Gasteiger partial charge in [-0.3, -0.25) is 25.2 Å². The molecule has 0 saturated heterocycles. The number of nitrogens with one attached hydrogen (secondary N) is 3. The van der Waals surface area contributed by atoms with E-state index in [1.165, 1.54) is 34.3 Å². The summed E-state index contributed by atoms with van der Waals surface area (Å²) in [5, 5.41) is 2.48. The van der Waals surface area contributed by atoms with E-state index >= 15 is 0 Å². The van der Waals surface area contributed by atoms with Crippen LogP contribution in [0.3, 0.4) is 0 Å². The maximum absolute atomic E-state index is 12.2. The van der Waals surface area contributed by atoms with Gasteiger partial charge >= 0.3 is 0 Å². The van der Waals surface area contributed by atoms with Gasteiger partial charge in [0, 0.05) is 11.0 Å². The molecule has 3 amide bonds. The number of benzene rings is 1. The number of amides is 3. The fourth-order valence-corrected chi connectivity index (χ4v) is 4.12. The molecule has 0 unspecified atom stereocenters. The third-order valence-electron chi connectivity index (χ3n) is 4.44. The molecule has 28 heavy (non-hydrogen) atoms. The molecule has 6 nitrogen and oxygen atoms in total. The van der Waals surface area contributed by atoms with Gasteiger partial charge in [0.25, 0.3) is 11.8 Å². The molecule has 3 rings (SSSR count). The molecule has 1 aliphatic rings. The summed E-state index contributed by atoms with van der Waals surface area (Å²) in [6.45, 7) is -0.223. The first-order valence-corrected chi connectivity index (χ1v) is 10.2. The Hall–Kier alpha value is -2.93. The molecule has 0 radical (unpaired) electrons. The molecule has 0 bridgehead atoms. The number of fused-ring (bicyclic) bond motifs is 1. The van der Waals surface area contributed by atoms with E-state index in [1.54, 1.807) is 6.08 Å². The summed E-state index contributed by atoms with van der Waals surface area (Å²) in [5.74, 6) is -1.21. The summed E-state index contributed by atoms with van der Waals surface area (Å²) < 4.78 is 0. The van der Waals surface area contributed by atoms with Crippen LogP contribution in [-0.2, 0) is 22.4 Å². The molecule has 2 aromatic rings. The lowest BCUT2D eigenvalue weighted by molar-refractivity contribution is -0.124. The summed E-state index contributed by atoms with van der Waals surface area (Å²) >= 11 is 1.49. The second kappa shape index (κ2) is 9.85. The first-order chi connectivity index (χ1) is 13.6. The van der Waals surface area contributed by atoms with E-state index in [4.69, 9.17) is 0 Å². The van der Waals surface area contributed by atoms with Crippen LogP contribution in [-0.4, -0.2) is 24.3 Å². The van der Waals surface area contributed by atoms with Crippen molar-refractivity contribution < 1.29 is 14.4 Å². The molecule has 0 fully saturated rings. The Morgan fingerprint density at radius 3 is 2.61 bits per heavy atom. The number of rotatable bonds is 5. The summed E-state index contributed by atoms with van der Waals surface area (Å²) in [4.78, 5) is 37.7. The normalized spacial score (nSPS) is 13.4. The highest BCUT2D eigenvalue weighted by Crippen LogP contribution is 2.28. The largest absolute Gasteiger partial charge is 0.343 e. The minimum atomic E-state index is -0.493. The first kappa shape index (κ1) is 19.8. The zero-order valence-corrected chi connectivity index (χ0v) is 16.3. The van der Waals surface area contributed by atoms with Crippen molar-refractivity contribution in [1.29, 1.82) is 0 Å². The van der Waals surface area contributed by atoms with Crippen molar-refractivity contribution >= 4 is 35.1 Å². The van der Waals surface area contributed by atoms with Gasteiger partial charge < -0.3 is 5.32 Å². The van der Waals surface area contributed by atoms with Crippen molar-refractivity contribution in [1.82, 2.24) is 16.2 Å². The van der Waals surface area contributed by atoms with Crippen molar-refractivity contribution in [2.24, 2.45) is 0 Å². The smallest absolute Gasteiger partial charge is 0.279 e. The Labute approximate surface area is 168 Å². The minimum Gasteiger partial charge on any atom is -0.343 e. The molecule has 1 heterocycles. The van der Waals surface area contributed by atoms with Crippen LogP contribution in [0.5, 0.6) is 0 Å². The van der Waals surface area contributed by atoms with Gasteiger partial charge in [-0.1, -0.05) is 36.8 Å². The van der Waals surface area contributed by atoms with Crippen LogP contribution in [0.15, 0.2) is 42.5 Å². The molecule has 0 spiro atoms. The van der Waals surface area contributed by atoms with Crippen molar-refractivity contribution in [2.45, 2.75) is 32.1 Å². The van der Waals surface area contributed by atoms with E-state index in [2.05, 4.69) is 16.2 Å². The highest BCUT2D eigenvalue weighted by atomic mass is 32.1. The van der Waals surface area contributed by atoms with Crippen molar-refractivity contribution in [3.8, 4) is 0 Å². The molecule has 3 N–H and O–H groups in total. The van der Waals surface area contributed by atoms with Crippen LogP contribution < -0.4 is 16.2 Å². The van der Waals surface area contributed by atoms with Crippen LogP contribution in [0.25, 0.3) is 6.08 Å². The predicted molar refractivity (Wildman–Crippen MR) is 110 cm³/mol.